The van der Waals surface area contributed by atoms with Gasteiger partial charge >= 0.3 is 12.1 Å². The molecule has 0 saturated carbocycles. The van der Waals surface area contributed by atoms with E-state index in [9.17, 15) is 28.8 Å². The highest BCUT2D eigenvalue weighted by molar-refractivity contribution is 8.77. The lowest BCUT2D eigenvalue weighted by Crippen LogP contribution is -2.59. The number of carbonyl (C=O) groups excluding carboxylic acids is 6. The standard InChI is InChI=1S/C52H73N11O8S2/c1-51(2,3)71-47(68)40(29-32-17-8-7-9-18-32)60-43(64)38(23-14-26-57-48(53)54)59-44(65)41(31-72-73-52(4,5)6)61-45(66)42-25-16-28-63(42)46(67)39(24-15-27-58-49(55)56)62-50(69)70-30-37-35-21-12-10-19-33(35)34-20-11-13-22-36(34)37/h7-13,17-22,37-42H,14-16,23-31H2,1-6H3,(H,59,65)(H,60,64)(H,61,66)(H,62,69)(H4,53,54,57)(H4,55,56,58)/t38-,39-,40-,41-,42-/m0/s1. The van der Waals surface area contributed by atoms with E-state index in [-0.39, 0.29) is 86.7 Å². The molecule has 0 radical (unpaired) electrons. The molecular weight excluding hydrogens is 971 g/mol. The fourth-order valence-electron chi connectivity index (χ4n) is 8.51. The van der Waals surface area contributed by atoms with E-state index in [1.807, 2.05) is 99.6 Å². The van der Waals surface area contributed by atoms with Crippen LogP contribution in [-0.4, -0.2) is 125 Å². The number of nitrogens with two attached hydrogens (primary N) is 4. The van der Waals surface area contributed by atoms with Crippen LogP contribution in [0.3, 0.4) is 0 Å². The smallest absolute Gasteiger partial charge is 0.407 e. The summed E-state index contributed by atoms with van der Waals surface area (Å²) >= 11 is 0. The third kappa shape index (κ3) is 18.2. The van der Waals surface area contributed by atoms with Gasteiger partial charge in [-0.1, -0.05) is 121 Å². The third-order valence-electron chi connectivity index (χ3n) is 11.8. The lowest BCUT2D eigenvalue weighted by molar-refractivity contribution is -0.158. The maximum absolute atomic E-state index is 14.5. The second-order valence-corrected chi connectivity index (χ2v) is 23.2. The molecule has 12 N–H and O–H groups in total. The maximum Gasteiger partial charge on any atom is 0.407 e. The summed E-state index contributed by atoms with van der Waals surface area (Å²) in [5.41, 5.74) is 26.4. The number of nitrogens with one attached hydrogen (secondary N) is 4. The van der Waals surface area contributed by atoms with Gasteiger partial charge in [-0.05, 0) is 87.1 Å². The number of rotatable bonds is 24. The number of esters is 1. The SMILES string of the molecule is CC(C)(C)OC(=O)[C@H](Cc1ccccc1)NC(=O)[C@H](CCCN=C(N)N)NC(=O)[C@H](CSSC(C)(C)C)NC(=O)[C@@H]1CCCN1C(=O)[C@H](CCCN=C(N)N)NC(=O)OCC1c2ccccc2-c2ccccc21. The predicted molar refractivity (Wildman–Crippen MR) is 288 cm³/mol. The first kappa shape index (κ1) is 57.4. The Bertz CT molecular complexity index is 2390. The van der Waals surface area contributed by atoms with Crippen LogP contribution in [0.5, 0.6) is 0 Å². The number of aliphatic imine (C=N–C) groups is 2. The van der Waals surface area contributed by atoms with Gasteiger partial charge in [-0.25, -0.2) is 9.59 Å². The average Bonchev–Trinajstić information content (AvgIpc) is 3.95. The summed E-state index contributed by atoms with van der Waals surface area (Å²) in [5, 5.41) is 11.3. The molecule has 0 bridgehead atoms. The highest BCUT2D eigenvalue weighted by Crippen LogP contribution is 2.44. The van der Waals surface area contributed by atoms with Crippen molar-refractivity contribution in [2.75, 3.05) is 32.0 Å². The van der Waals surface area contributed by atoms with Crippen molar-refractivity contribution in [2.45, 2.75) is 133 Å². The van der Waals surface area contributed by atoms with Crippen molar-refractivity contribution in [3.05, 3.63) is 95.6 Å². The summed E-state index contributed by atoms with van der Waals surface area (Å²) in [4.78, 5) is 94.4. The molecule has 396 valence electrons. The zero-order valence-corrected chi connectivity index (χ0v) is 44.3. The predicted octanol–water partition coefficient (Wildman–Crippen LogP) is 4.21. The van der Waals surface area contributed by atoms with Gasteiger partial charge in [0.2, 0.25) is 23.6 Å². The van der Waals surface area contributed by atoms with Crippen molar-refractivity contribution in [3.8, 4) is 11.1 Å². The van der Waals surface area contributed by atoms with Crippen molar-refractivity contribution in [1.82, 2.24) is 26.2 Å². The molecule has 3 aromatic rings. The summed E-state index contributed by atoms with van der Waals surface area (Å²) in [5.74, 6) is -3.46. The minimum Gasteiger partial charge on any atom is -0.458 e. The number of hydrogen-bond donors (Lipinski definition) is 8. The summed E-state index contributed by atoms with van der Waals surface area (Å²) < 4.78 is 11.3. The fraction of sp³-hybridized carbons (Fsp3) is 0.500. The maximum atomic E-state index is 14.5. The van der Waals surface area contributed by atoms with Gasteiger partial charge in [0.05, 0.1) is 0 Å². The molecule has 0 spiro atoms. The van der Waals surface area contributed by atoms with Gasteiger partial charge in [-0.3, -0.25) is 29.2 Å². The highest BCUT2D eigenvalue weighted by atomic mass is 33.1. The van der Waals surface area contributed by atoms with Crippen LogP contribution in [-0.2, 0) is 39.9 Å². The molecule has 0 aromatic heterocycles. The van der Waals surface area contributed by atoms with E-state index in [1.54, 1.807) is 20.8 Å². The van der Waals surface area contributed by atoms with Crippen LogP contribution in [0.2, 0.25) is 0 Å². The molecule has 1 fully saturated rings. The molecule has 1 saturated heterocycles. The van der Waals surface area contributed by atoms with Gasteiger partial charge in [0.25, 0.3) is 0 Å². The molecular formula is C52H73N11O8S2. The van der Waals surface area contributed by atoms with Crippen molar-refractivity contribution in [1.29, 1.82) is 0 Å². The average molecular weight is 1040 g/mol. The molecule has 21 heteroatoms. The van der Waals surface area contributed by atoms with E-state index in [2.05, 4.69) is 31.3 Å². The highest BCUT2D eigenvalue weighted by Gasteiger charge is 2.40. The molecule has 5 rings (SSSR count). The first-order chi connectivity index (χ1) is 34.6. The molecule has 19 nitrogen and oxygen atoms in total. The molecule has 73 heavy (non-hydrogen) atoms. The second kappa shape index (κ2) is 27.0. The van der Waals surface area contributed by atoms with Crippen LogP contribution < -0.4 is 44.2 Å². The number of alkyl carbamates (subject to hydrolysis) is 1. The van der Waals surface area contributed by atoms with Gasteiger partial charge in [0.15, 0.2) is 11.9 Å². The van der Waals surface area contributed by atoms with Crippen molar-refractivity contribution in [2.24, 2.45) is 32.9 Å². The number of nitrogens with zero attached hydrogens (tertiary/aromatic N) is 3. The van der Waals surface area contributed by atoms with Gasteiger partial charge in [0, 0.05) is 42.5 Å². The van der Waals surface area contributed by atoms with Crippen molar-refractivity contribution in [3.63, 3.8) is 0 Å². The lowest BCUT2D eigenvalue weighted by Gasteiger charge is -2.30. The summed E-state index contributed by atoms with van der Waals surface area (Å²) in [7, 11) is 2.87. The van der Waals surface area contributed by atoms with E-state index in [1.165, 1.54) is 26.5 Å². The second-order valence-electron chi connectivity index (χ2n) is 20.0. The van der Waals surface area contributed by atoms with Crippen LogP contribution in [0.15, 0.2) is 88.8 Å². The number of guanidine groups is 2. The Hall–Kier alpha value is -6.48. The van der Waals surface area contributed by atoms with Gasteiger partial charge in [0.1, 0.15) is 42.4 Å². The molecule has 1 aliphatic carbocycles. The van der Waals surface area contributed by atoms with Crippen LogP contribution in [0.4, 0.5) is 4.79 Å². The van der Waals surface area contributed by atoms with Crippen molar-refractivity contribution >= 4 is 69.2 Å². The third-order valence-corrected chi connectivity index (χ3v) is 15.1. The first-order valence-electron chi connectivity index (χ1n) is 24.6. The van der Waals surface area contributed by atoms with Gasteiger partial charge in [-0.15, -0.1) is 0 Å². The molecule has 3 aromatic carbocycles. The molecule has 5 atom stereocenters. The number of fused-ring (bicyclic) bond motifs is 3. The Morgan fingerprint density at radius 3 is 1.82 bits per heavy atom. The zero-order valence-electron chi connectivity index (χ0n) is 42.7. The normalized spacial score (nSPS) is 15.8. The van der Waals surface area contributed by atoms with Crippen LogP contribution in [0.1, 0.15) is 103 Å². The number of carbonyl (C=O) groups is 6. The Kier molecular flexibility index (Phi) is 21.2. The van der Waals surface area contributed by atoms with Gasteiger partial charge < -0.3 is 58.6 Å². The fourth-order valence-corrected chi connectivity index (χ4v) is 11.0. The van der Waals surface area contributed by atoms with Crippen LogP contribution in [0, 0.1) is 0 Å². The summed E-state index contributed by atoms with van der Waals surface area (Å²) in [6, 6.07) is 19.4. The molecule has 5 amide bonds. The minimum absolute atomic E-state index is 0.0231. The summed E-state index contributed by atoms with van der Waals surface area (Å²) in [6.45, 7) is 11.8. The van der Waals surface area contributed by atoms with E-state index < -0.39 is 71.5 Å². The number of benzene rings is 3. The Morgan fingerprint density at radius 1 is 0.699 bits per heavy atom. The van der Waals surface area contributed by atoms with Crippen molar-refractivity contribution < 1.29 is 38.2 Å². The monoisotopic (exact) mass is 1040 g/mol. The topological polar surface area (TPSA) is 301 Å². The summed E-state index contributed by atoms with van der Waals surface area (Å²) in [6.07, 6.45) is 0.852. The number of ether oxygens (including phenoxy) is 2. The van der Waals surface area contributed by atoms with Crippen LogP contribution >= 0.6 is 21.6 Å². The number of amides is 5. The lowest BCUT2D eigenvalue weighted by atomic mass is 9.98. The Morgan fingerprint density at radius 2 is 1.25 bits per heavy atom. The Balaban J connectivity index is 1.33. The van der Waals surface area contributed by atoms with E-state index in [0.717, 1.165) is 27.8 Å². The first-order valence-corrected chi connectivity index (χ1v) is 26.9. The van der Waals surface area contributed by atoms with E-state index in [4.69, 9.17) is 32.4 Å². The van der Waals surface area contributed by atoms with Crippen LogP contribution in [0.25, 0.3) is 11.1 Å². The molecule has 1 heterocycles. The molecule has 0 unspecified atom stereocenters. The molecule has 1 aliphatic heterocycles. The number of hydrogen-bond acceptors (Lipinski definition) is 12. The van der Waals surface area contributed by atoms with E-state index in [0.29, 0.717) is 12.8 Å². The largest absolute Gasteiger partial charge is 0.458 e. The number of likely N-dealkylation sites (tertiary alicyclic amines) is 1. The minimum atomic E-state index is -1.20. The van der Waals surface area contributed by atoms with Gasteiger partial charge in [-0.2, -0.15) is 0 Å². The molecule has 2 aliphatic rings. The quantitative estimate of drug-likeness (QED) is 0.0205. The van der Waals surface area contributed by atoms with E-state index >= 15 is 0 Å². The zero-order chi connectivity index (χ0) is 53.3. The Labute approximate surface area is 436 Å².